The molecule has 0 radical (unpaired) electrons. The van der Waals surface area contributed by atoms with Crippen molar-refractivity contribution in [2.75, 3.05) is 0 Å². The van der Waals surface area contributed by atoms with Crippen LogP contribution >= 0.6 is 0 Å². The van der Waals surface area contributed by atoms with Crippen molar-refractivity contribution in [2.24, 2.45) is 0 Å². The highest BCUT2D eigenvalue weighted by atomic mass is 19.1. The van der Waals surface area contributed by atoms with Crippen molar-refractivity contribution in [1.29, 1.82) is 5.26 Å². The van der Waals surface area contributed by atoms with Gasteiger partial charge in [0.1, 0.15) is 0 Å². The number of pyridine rings is 1. The van der Waals surface area contributed by atoms with Gasteiger partial charge in [0.15, 0.2) is 12.0 Å². The fraction of sp³-hybridized carbons (Fsp3) is 0.333. The lowest BCUT2D eigenvalue weighted by Crippen LogP contribution is -2.29. The molecular weight excluding hydrogens is 171 g/mol. The van der Waals surface area contributed by atoms with Gasteiger partial charge in [-0.2, -0.15) is 9.99 Å². The normalized spacial score (nSPS) is 10.9. The molecule has 0 aliphatic heterocycles. The predicted octanol–water partition coefficient (Wildman–Crippen LogP) is 1.26. The quantitative estimate of drug-likeness (QED) is 0.482. The minimum absolute atomic E-state index is 0.365. The molecule has 0 saturated carbocycles. The first-order valence-corrected chi connectivity index (χ1v) is 3.77. The summed E-state index contributed by atoms with van der Waals surface area (Å²) in [4.78, 5) is 0. The molecule has 1 heterocycles. The third kappa shape index (κ3) is 1.94. The van der Waals surface area contributed by atoms with Crippen LogP contribution in [0, 0.1) is 22.4 Å². The van der Waals surface area contributed by atoms with Crippen LogP contribution in [0.5, 0.6) is 0 Å². The fourth-order valence-corrected chi connectivity index (χ4v) is 0.925. The van der Waals surface area contributed by atoms with E-state index < -0.39 is 11.2 Å². The highest BCUT2D eigenvalue weighted by molar-refractivity contribution is 5.25. The standard InChI is InChI=1S/C9H9FN2O/c1-9(2,6-11)7-3-8(10)5-12(13)4-7/h3-5H,1-2H3. The van der Waals surface area contributed by atoms with Crippen molar-refractivity contribution in [3.05, 3.63) is 35.0 Å². The van der Waals surface area contributed by atoms with Gasteiger partial charge in [0, 0.05) is 5.56 Å². The molecule has 13 heavy (non-hydrogen) atoms. The van der Waals surface area contributed by atoms with E-state index in [1.54, 1.807) is 13.8 Å². The molecule has 0 amide bonds. The highest BCUT2D eigenvalue weighted by Gasteiger charge is 2.23. The zero-order chi connectivity index (χ0) is 10.1. The van der Waals surface area contributed by atoms with Crippen molar-refractivity contribution in [1.82, 2.24) is 0 Å². The second kappa shape index (κ2) is 3.02. The van der Waals surface area contributed by atoms with Gasteiger partial charge in [0.25, 0.3) is 0 Å². The molecule has 0 aromatic carbocycles. The van der Waals surface area contributed by atoms with Crippen LogP contribution in [0.3, 0.4) is 0 Å². The molecule has 0 N–H and O–H groups in total. The van der Waals surface area contributed by atoms with Gasteiger partial charge in [-0.25, -0.2) is 4.39 Å². The second-order valence-corrected chi connectivity index (χ2v) is 3.34. The summed E-state index contributed by atoms with van der Waals surface area (Å²) < 4.78 is 13.1. The Balaban J connectivity index is 3.25. The number of hydrogen-bond donors (Lipinski definition) is 0. The Bertz CT molecular complexity index is 348. The number of hydrogen-bond acceptors (Lipinski definition) is 2. The van der Waals surface area contributed by atoms with Crippen molar-refractivity contribution in [2.45, 2.75) is 19.3 Å². The summed E-state index contributed by atoms with van der Waals surface area (Å²) in [6.45, 7) is 3.25. The van der Waals surface area contributed by atoms with Crippen LogP contribution < -0.4 is 4.73 Å². The molecule has 0 aliphatic rings. The summed E-state index contributed by atoms with van der Waals surface area (Å²) in [6, 6.07) is 3.19. The maximum absolute atomic E-state index is 12.8. The summed E-state index contributed by atoms with van der Waals surface area (Å²) in [7, 11) is 0. The predicted molar refractivity (Wildman–Crippen MR) is 44.0 cm³/mol. The Morgan fingerprint density at radius 2 is 2.15 bits per heavy atom. The lowest BCUT2D eigenvalue weighted by Gasteiger charge is -2.13. The van der Waals surface area contributed by atoms with E-state index in [0.717, 1.165) is 6.20 Å². The molecule has 0 aliphatic carbocycles. The molecule has 3 nitrogen and oxygen atoms in total. The molecule has 68 valence electrons. The Morgan fingerprint density at radius 1 is 1.54 bits per heavy atom. The average molecular weight is 180 g/mol. The largest absolute Gasteiger partial charge is 0.619 e. The Morgan fingerprint density at radius 3 is 2.62 bits per heavy atom. The number of aromatic nitrogens is 1. The van der Waals surface area contributed by atoms with Gasteiger partial charge in [-0.1, -0.05) is 0 Å². The van der Waals surface area contributed by atoms with Crippen molar-refractivity contribution in [3.63, 3.8) is 0 Å². The van der Waals surface area contributed by atoms with Gasteiger partial charge in [-0.15, -0.1) is 0 Å². The molecular formula is C9H9FN2O. The monoisotopic (exact) mass is 180 g/mol. The zero-order valence-corrected chi connectivity index (χ0v) is 7.41. The maximum atomic E-state index is 12.8. The second-order valence-electron chi connectivity index (χ2n) is 3.34. The van der Waals surface area contributed by atoms with E-state index in [0.29, 0.717) is 10.3 Å². The lowest BCUT2D eigenvalue weighted by atomic mass is 9.88. The van der Waals surface area contributed by atoms with E-state index in [2.05, 4.69) is 0 Å². The van der Waals surface area contributed by atoms with Gasteiger partial charge in [0.05, 0.1) is 11.5 Å². The van der Waals surface area contributed by atoms with Crippen molar-refractivity contribution >= 4 is 0 Å². The summed E-state index contributed by atoms with van der Waals surface area (Å²) in [5.41, 5.74) is -0.459. The van der Waals surface area contributed by atoms with Crippen LogP contribution in [0.4, 0.5) is 4.39 Å². The highest BCUT2D eigenvalue weighted by Crippen LogP contribution is 2.20. The van der Waals surface area contributed by atoms with Crippen LogP contribution in [0.1, 0.15) is 19.4 Å². The molecule has 0 spiro atoms. The van der Waals surface area contributed by atoms with Gasteiger partial charge >= 0.3 is 0 Å². The van der Waals surface area contributed by atoms with E-state index >= 15 is 0 Å². The van der Waals surface area contributed by atoms with Crippen LogP contribution in [0.15, 0.2) is 18.5 Å². The van der Waals surface area contributed by atoms with Crippen LogP contribution in [0.25, 0.3) is 0 Å². The van der Waals surface area contributed by atoms with Crippen molar-refractivity contribution < 1.29 is 9.12 Å². The van der Waals surface area contributed by atoms with Gasteiger partial charge in [-0.05, 0) is 19.9 Å². The first-order valence-electron chi connectivity index (χ1n) is 3.77. The molecule has 4 heteroatoms. The van der Waals surface area contributed by atoms with E-state index in [1.807, 2.05) is 6.07 Å². The SMILES string of the molecule is CC(C)(C#N)c1cc(F)c[n+]([O-])c1. The van der Waals surface area contributed by atoms with E-state index in [-0.39, 0.29) is 0 Å². The molecule has 0 saturated heterocycles. The molecule has 1 aromatic heterocycles. The summed E-state index contributed by atoms with van der Waals surface area (Å²) in [6.07, 6.45) is 2.02. The topological polar surface area (TPSA) is 50.7 Å². The minimum atomic E-state index is -0.839. The lowest BCUT2D eigenvalue weighted by molar-refractivity contribution is -0.607. The third-order valence-electron chi connectivity index (χ3n) is 1.81. The van der Waals surface area contributed by atoms with Gasteiger partial charge < -0.3 is 5.21 Å². The zero-order valence-electron chi connectivity index (χ0n) is 7.41. The van der Waals surface area contributed by atoms with Crippen LogP contribution in [0.2, 0.25) is 0 Å². The Hall–Kier alpha value is -1.63. The summed E-state index contributed by atoms with van der Waals surface area (Å²) in [5.74, 6) is -0.629. The van der Waals surface area contributed by atoms with E-state index in [4.69, 9.17) is 5.26 Å². The molecule has 0 fully saturated rings. The molecule has 0 unspecified atom stereocenters. The van der Waals surface area contributed by atoms with Crippen molar-refractivity contribution in [3.8, 4) is 6.07 Å². The van der Waals surface area contributed by atoms with Crippen LogP contribution in [-0.2, 0) is 5.41 Å². The smallest absolute Gasteiger partial charge is 0.216 e. The first-order chi connectivity index (χ1) is 5.95. The average Bonchev–Trinajstić information content (AvgIpc) is 2.02. The van der Waals surface area contributed by atoms with E-state index in [9.17, 15) is 9.60 Å². The molecule has 0 atom stereocenters. The minimum Gasteiger partial charge on any atom is -0.619 e. The fourth-order valence-electron chi connectivity index (χ4n) is 0.925. The molecule has 1 aromatic rings. The number of halogens is 1. The Kier molecular flexibility index (Phi) is 2.20. The number of rotatable bonds is 1. The van der Waals surface area contributed by atoms with Gasteiger partial charge in [0.2, 0.25) is 6.20 Å². The van der Waals surface area contributed by atoms with Crippen LogP contribution in [-0.4, -0.2) is 0 Å². The first kappa shape index (κ1) is 9.46. The maximum Gasteiger partial charge on any atom is 0.216 e. The Labute approximate surface area is 75.6 Å². The number of nitrogens with zero attached hydrogens (tertiary/aromatic N) is 2. The van der Waals surface area contributed by atoms with E-state index in [1.165, 1.54) is 12.3 Å². The van der Waals surface area contributed by atoms with Gasteiger partial charge in [-0.3, -0.25) is 0 Å². The number of nitriles is 1. The molecule has 1 rings (SSSR count). The summed E-state index contributed by atoms with van der Waals surface area (Å²) >= 11 is 0. The third-order valence-corrected chi connectivity index (χ3v) is 1.81. The molecule has 0 bridgehead atoms. The summed E-state index contributed by atoms with van der Waals surface area (Å²) in [5, 5.41) is 19.6.